The van der Waals surface area contributed by atoms with Gasteiger partial charge in [-0.3, -0.25) is 14.4 Å². The summed E-state index contributed by atoms with van der Waals surface area (Å²) in [6.07, 6.45) is 1.30. The number of likely N-dealkylation sites (N-methyl/N-ethyl adjacent to an activating group) is 2. The summed E-state index contributed by atoms with van der Waals surface area (Å²) >= 11 is 0. The van der Waals surface area contributed by atoms with Crippen LogP contribution in [0.25, 0.3) is 0 Å². The molecule has 0 aliphatic heterocycles. The van der Waals surface area contributed by atoms with Crippen LogP contribution in [0.5, 0.6) is 0 Å². The maximum atomic E-state index is 11.1. The predicted molar refractivity (Wildman–Crippen MR) is 56.5 cm³/mol. The van der Waals surface area contributed by atoms with Gasteiger partial charge in [-0.15, -0.1) is 0 Å². The van der Waals surface area contributed by atoms with E-state index in [9.17, 15) is 14.4 Å². The van der Waals surface area contributed by atoms with Gasteiger partial charge in [-0.25, -0.2) is 0 Å². The van der Waals surface area contributed by atoms with Crippen molar-refractivity contribution in [3.8, 4) is 0 Å². The minimum absolute atomic E-state index is 0.0462. The molecule has 1 amide bonds. The Kier molecular flexibility index (Phi) is 6.53. The monoisotopic (exact) mass is 214 g/mol. The highest BCUT2D eigenvalue weighted by Gasteiger charge is 2.14. The van der Waals surface area contributed by atoms with Crippen molar-refractivity contribution >= 4 is 17.5 Å². The summed E-state index contributed by atoms with van der Waals surface area (Å²) in [6, 6.07) is -0.220. The standard InChI is InChI=1S/C10H18N2O3/c1-7(13)8(11-2)5-4-6-9(14)10(15)12-3/h8,11H,4-6H2,1-3H3,(H,12,15)/t8-/m0/s1. The summed E-state index contributed by atoms with van der Waals surface area (Å²) in [5, 5.41) is 5.13. The second-order valence-electron chi connectivity index (χ2n) is 3.35. The van der Waals surface area contributed by atoms with Crippen molar-refractivity contribution in [1.29, 1.82) is 0 Å². The molecule has 0 fully saturated rings. The molecule has 0 saturated carbocycles. The van der Waals surface area contributed by atoms with E-state index in [1.165, 1.54) is 14.0 Å². The number of hydrogen-bond acceptors (Lipinski definition) is 4. The van der Waals surface area contributed by atoms with Gasteiger partial charge in [0.1, 0.15) is 5.78 Å². The molecule has 0 aromatic carbocycles. The van der Waals surface area contributed by atoms with Crippen LogP contribution in [0.15, 0.2) is 0 Å². The smallest absolute Gasteiger partial charge is 0.287 e. The highest BCUT2D eigenvalue weighted by molar-refractivity contribution is 6.36. The van der Waals surface area contributed by atoms with Crippen molar-refractivity contribution < 1.29 is 14.4 Å². The molecule has 0 aliphatic rings. The van der Waals surface area contributed by atoms with Crippen molar-refractivity contribution in [2.45, 2.75) is 32.2 Å². The van der Waals surface area contributed by atoms with Gasteiger partial charge in [-0.05, 0) is 26.8 Å². The van der Waals surface area contributed by atoms with Crippen LogP contribution in [0.4, 0.5) is 0 Å². The van der Waals surface area contributed by atoms with E-state index < -0.39 is 11.7 Å². The minimum atomic E-state index is -0.571. The Morgan fingerprint density at radius 1 is 1.20 bits per heavy atom. The van der Waals surface area contributed by atoms with Gasteiger partial charge in [0.25, 0.3) is 5.91 Å². The molecule has 0 aromatic rings. The van der Waals surface area contributed by atoms with Crippen LogP contribution in [0.3, 0.4) is 0 Å². The van der Waals surface area contributed by atoms with Gasteiger partial charge in [0, 0.05) is 13.5 Å². The van der Waals surface area contributed by atoms with Crippen molar-refractivity contribution in [2.75, 3.05) is 14.1 Å². The molecule has 0 bridgehead atoms. The van der Waals surface area contributed by atoms with E-state index in [4.69, 9.17) is 0 Å². The van der Waals surface area contributed by atoms with Crippen LogP contribution in [0.2, 0.25) is 0 Å². The van der Waals surface area contributed by atoms with E-state index in [0.29, 0.717) is 12.8 Å². The maximum absolute atomic E-state index is 11.1. The second kappa shape index (κ2) is 7.11. The molecule has 0 aromatic heterocycles. The van der Waals surface area contributed by atoms with Gasteiger partial charge in [0.2, 0.25) is 5.78 Å². The number of rotatable bonds is 7. The molecule has 0 unspecified atom stereocenters. The molecule has 5 nitrogen and oxygen atoms in total. The molecule has 15 heavy (non-hydrogen) atoms. The van der Waals surface area contributed by atoms with E-state index in [1.807, 2.05) is 0 Å². The molecule has 0 aliphatic carbocycles. The van der Waals surface area contributed by atoms with Crippen LogP contribution in [0, 0.1) is 0 Å². The SMILES string of the molecule is CNC(=O)C(=O)CCC[C@H](NC)C(C)=O. The zero-order valence-corrected chi connectivity index (χ0v) is 9.42. The topological polar surface area (TPSA) is 75.3 Å². The van der Waals surface area contributed by atoms with Crippen LogP contribution in [0.1, 0.15) is 26.2 Å². The third-order valence-corrected chi connectivity index (χ3v) is 2.22. The zero-order chi connectivity index (χ0) is 11.8. The Hall–Kier alpha value is -1.23. The first kappa shape index (κ1) is 13.8. The second-order valence-corrected chi connectivity index (χ2v) is 3.35. The van der Waals surface area contributed by atoms with Gasteiger partial charge < -0.3 is 10.6 Å². The number of hydrogen-bond donors (Lipinski definition) is 2. The number of nitrogens with one attached hydrogen (secondary N) is 2. The molecule has 0 heterocycles. The van der Waals surface area contributed by atoms with Gasteiger partial charge in [-0.1, -0.05) is 0 Å². The molecule has 1 atom stereocenters. The molecule has 0 spiro atoms. The van der Waals surface area contributed by atoms with Crippen molar-refractivity contribution in [3.63, 3.8) is 0 Å². The van der Waals surface area contributed by atoms with Crippen molar-refractivity contribution in [1.82, 2.24) is 10.6 Å². The van der Waals surface area contributed by atoms with E-state index in [0.717, 1.165) is 0 Å². The predicted octanol–water partition coefficient (Wildman–Crippen LogP) is -0.351. The van der Waals surface area contributed by atoms with E-state index in [1.54, 1.807) is 7.05 Å². The molecular formula is C10H18N2O3. The Morgan fingerprint density at radius 2 is 1.80 bits per heavy atom. The maximum Gasteiger partial charge on any atom is 0.287 e. The highest BCUT2D eigenvalue weighted by atomic mass is 16.2. The third-order valence-electron chi connectivity index (χ3n) is 2.22. The fourth-order valence-electron chi connectivity index (χ4n) is 1.27. The first-order chi connectivity index (χ1) is 7.02. The first-order valence-electron chi connectivity index (χ1n) is 4.95. The largest absolute Gasteiger partial charge is 0.353 e. The Bertz CT molecular complexity index is 251. The number of Topliss-reactive ketones (excluding diaryl/α,β-unsaturated/α-hetero) is 2. The fraction of sp³-hybridized carbons (Fsp3) is 0.700. The lowest BCUT2D eigenvalue weighted by molar-refractivity contribution is -0.137. The quantitative estimate of drug-likeness (QED) is 0.568. The van der Waals surface area contributed by atoms with Crippen LogP contribution < -0.4 is 10.6 Å². The van der Waals surface area contributed by atoms with Gasteiger partial charge >= 0.3 is 0 Å². The molecule has 2 N–H and O–H groups in total. The van der Waals surface area contributed by atoms with E-state index >= 15 is 0 Å². The van der Waals surface area contributed by atoms with Gasteiger partial charge in [0.15, 0.2) is 0 Å². The molecule has 86 valence electrons. The van der Waals surface area contributed by atoms with Gasteiger partial charge in [-0.2, -0.15) is 0 Å². The lowest BCUT2D eigenvalue weighted by atomic mass is 10.0. The summed E-state index contributed by atoms with van der Waals surface area (Å²) in [5.74, 6) is -0.959. The summed E-state index contributed by atoms with van der Waals surface area (Å²) in [6.45, 7) is 1.50. The molecular weight excluding hydrogens is 196 g/mol. The van der Waals surface area contributed by atoms with E-state index in [2.05, 4.69) is 10.6 Å². The average molecular weight is 214 g/mol. The lowest BCUT2D eigenvalue weighted by Crippen LogP contribution is -2.33. The summed E-state index contributed by atoms with van der Waals surface area (Å²) in [5.41, 5.74) is 0. The number of carbonyl (C=O) groups excluding carboxylic acids is 3. The molecule has 0 saturated heterocycles. The molecule has 0 rings (SSSR count). The fourth-order valence-corrected chi connectivity index (χ4v) is 1.27. The normalized spacial score (nSPS) is 11.9. The van der Waals surface area contributed by atoms with Crippen LogP contribution in [-0.2, 0) is 14.4 Å². The number of amides is 1. The lowest BCUT2D eigenvalue weighted by Gasteiger charge is -2.11. The van der Waals surface area contributed by atoms with Crippen molar-refractivity contribution in [3.05, 3.63) is 0 Å². The highest BCUT2D eigenvalue weighted by Crippen LogP contribution is 2.02. The average Bonchev–Trinajstić information content (AvgIpc) is 2.22. The first-order valence-corrected chi connectivity index (χ1v) is 4.95. The summed E-state index contributed by atoms with van der Waals surface area (Å²) < 4.78 is 0. The van der Waals surface area contributed by atoms with E-state index in [-0.39, 0.29) is 18.2 Å². The van der Waals surface area contributed by atoms with Gasteiger partial charge in [0.05, 0.1) is 6.04 Å². The minimum Gasteiger partial charge on any atom is -0.353 e. The Balaban J connectivity index is 3.83. The number of ketones is 2. The Labute approximate surface area is 89.6 Å². The van der Waals surface area contributed by atoms with Crippen molar-refractivity contribution in [2.24, 2.45) is 0 Å². The third kappa shape index (κ3) is 5.27. The van der Waals surface area contributed by atoms with Crippen LogP contribution >= 0.6 is 0 Å². The number of carbonyl (C=O) groups is 3. The molecule has 5 heteroatoms. The molecule has 0 radical (unpaired) electrons. The summed E-state index contributed by atoms with van der Waals surface area (Å²) in [7, 11) is 3.12. The van der Waals surface area contributed by atoms with Crippen LogP contribution in [-0.4, -0.2) is 37.6 Å². The summed E-state index contributed by atoms with van der Waals surface area (Å²) in [4.78, 5) is 33.0. The Morgan fingerprint density at radius 3 is 2.20 bits per heavy atom. The zero-order valence-electron chi connectivity index (χ0n) is 9.42.